The van der Waals surface area contributed by atoms with Gasteiger partial charge in [0.05, 0.1) is 34.1 Å². The average Bonchev–Trinajstić information content (AvgIpc) is 0.808. The van der Waals surface area contributed by atoms with E-state index in [1.54, 1.807) is 4.90 Å². The molecule has 0 atom stereocenters. The third-order valence-electron chi connectivity index (χ3n) is 16.5. The summed E-state index contributed by atoms with van der Waals surface area (Å²) in [5.41, 5.74) is -2.65. The number of benzene rings is 6. The summed E-state index contributed by atoms with van der Waals surface area (Å²) >= 11 is 0. The molecule has 19 nitrogen and oxygen atoms in total. The molecule has 4 aliphatic heterocycles. The number of hydrogen-bond donors (Lipinski definition) is 1. The average molecular weight is 1420 g/mol. The number of rotatable bonds is 20. The number of piperidine rings is 2. The first-order valence-electron chi connectivity index (χ1n) is 31.0. The first-order chi connectivity index (χ1) is 45.9. The molecule has 532 valence electrons. The van der Waals surface area contributed by atoms with Crippen molar-refractivity contribution in [1.29, 1.82) is 0 Å². The number of nitrogens with two attached hydrogens (primary N) is 1. The third-order valence-corrected chi connectivity index (χ3v) is 16.5. The SMILES string of the molecule is O=C(CCN1CCN(c2ccc(OCc3ccc(C(F)(F)F)cc3)cc2)CC1)N1CCC(Oc2ccc([N+](=O)[O-])c(C(F)(F)F)c2)CC1.O=C([O-])CCN1CCN(c2ccc(OCc3ccc(C(F)(F)F)cc3)cc2)CC1.O=[N+]([O-])c1ccc(OC2CC[NH2+]CC2)cc1C(F)(F)F.[Cl-].[Li+]. The number of nitro benzene ring substituents is 2. The summed E-state index contributed by atoms with van der Waals surface area (Å²) in [7, 11) is 0. The van der Waals surface area contributed by atoms with Crippen molar-refractivity contribution in [1.82, 2.24) is 14.7 Å². The smallest absolute Gasteiger partial charge is 1.00 e. The van der Waals surface area contributed by atoms with Gasteiger partial charge in [-0.3, -0.25) is 34.8 Å². The van der Waals surface area contributed by atoms with E-state index < -0.39 is 80.3 Å². The molecule has 10 rings (SSSR count). The molecule has 4 aliphatic rings. The van der Waals surface area contributed by atoms with Crippen molar-refractivity contribution in [2.75, 3.05) is 101 Å². The van der Waals surface area contributed by atoms with Crippen molar-refractivity contribution in [3.05, 3.63) is 187 Å². The Hall–Kier alpha value is -8.21. The van der Waals surface area contributed by atoms with Crippen LogP contribution in [0.2, 0.25) is 0 Å². The molecule has 0 aliphatic carbocycles. The molecule has 6 aromatic rings. The van der Waals surface area contributed by atoms with Crippen LogP contribution in [0.1, 0.15) is 71.9 Å². The van der Waals surface area contributed by atoms with Gasteiger partial charge in [0.2, 0.25) is 5.91 Å². The number of nitro groups is 2. The minimum Gasteiger partial charge on any atom is -1.00 e. The summed E-state index contributed by atoms with van der Waals surface area (Å²) in [6, 6.07) is 30.2. The Morgan fingerprint density at radius 3 is 1.16 bits per heavy atom. The number of piperazine rings is 2. The van der Waals surface area contributed by atoms with E-state index in [0.29, 0.717) is 80.2 Å². The Kier molecular flexibility index (Phi) is 29.2. The zero-order chi connectivity index (χ0) is 70.1. The van der Waals surface area contributed by atoms with Crippen LogP contribution < -0.4 is 70.4 Å². The van der Waals surface area contributed by atoms with E-state index in [1.165, 1.54) is 30.3 Å². The molecule has 4 saturated heterocycles. The Labute approximate surface area is 579 Å². The molecule has 4 fully saturated rings. The summed E-state index contributed by atoms with van der Waals surface area (Å²) in [5, 5.41) is 34.3. The molecule has 99 heavy (non-hydrogen) atoms. The van der Waals surface area contributed by atoms with E-state index in [4.69, 9.17) is 18.9 Å². The Morgan fingerprint density at radius 2 is 0.818 bits per heavy atom. The number of aliphatic carboxylic acids is 1. The third kappa shape index (κ3) is 24.6. The fourth-order valence-corrected chi connectivity index (χ4v) is 11.1. The van der Waals surface area contributed by atoms with Gasteiger partial charge >= 0.3 is 43.6 Å². The number of amides is 1. The van der Waals surface area contributed by atoms with Gasteiger partial charge in [0.15, 0.2) is 0 Å². The number of carbonyl (C=O) groups excluding carboxylic acids is 2. The van der Waals surface area contributed by atoms with Gasteiger partial charge in [0.25, 0.3) is 11.4 Å². The number of carbonyl (C=O) groups is 2. The number of carboxylic acid groups (broad SMARTS) is 1. The predicted octanol–water partition coefficient (Wildman–Crippen LogP) is 5.07. The second kappa shape index (κ2) is 36.2. The quantitative estimate of drug-likeness (QED) is 0.0458. The molecule has 0 aromatic heterocycles. The zero-order valence-electron chi connectivity index (χ0n) is 53.5. The van der Waals surface area contributed by atoms with Crippen LogP contribution in [-0.2, 0) is 47.5 Å². The van der Waals surface area contributed by atoms with E-state index in [-0.39, 0.29) is 74.4 Å². The van der Waals surface area contributed by atoms with Crippen molar-refractivity contribution in [2.45, 2.75) is 88.7 Å². The van der Waals surface area contributed by atoms with E-state index >= 15 is 0 Å². The van der Waals surface area contributed by atoms with Crippen LogP contribution >= 0.6 is 0 Å². The van der Waals surface area contributed by atoms with E-state index in [2.05, 4.69) is 24.9 Å². The monoisotopic (exact) mass is 1420 g/mol. The normalized spacial score (nSPS) is 15.9. The summed E-state index contributed by atoms with van der Waals surface area (Å²) in [6.45, 7) is 10.2. The van der Waals surface area contributed by atoms with Crippen LogP contribution in [0.25, 0.3) is 0 Å². The second-order valence-electron chi connectivity index (χ2n) is 23.2. The molecule has 0 saturated carbocycles. The molecule has 0 unspecified atom stereocenters. The maximum absolute atomic E-state index is 13.3. The molecule has 0 radical (unpaired) electrons. The number of hydrogen-bond acceptors (Lipinski definition) is 15. The number of alkyl halides is 12. The van der Waals surface area contributed by atoms with Crippen molar-refractivity contribution in [3.63, 3.8) is 0 Å². The molecule has 4 heterocycles. The molecule has 0 bridgehead atoms. The number of quaternary nitrogens is 1. The van der Waals surface area contributed by atoms with Gasteiger partial charge in [0, 0.05) is 140 Å². The van der Waals surface area contributed by atoms with Gasteiger partial charge in [-0.05, 0) is 115 Å². The van der Waals surface area contributed by atoms with Crippen LogP contribution in [0.3, 0.4) is 0 Å². The number of likely N-dealkylation sites (tertiary alicyclic amines) is 1. The largest absolute Gasteiger partial charge is 1.00 e. The van der Waals surface area contributed by atoms with Crippen LogP contribution in [-0.4, -0.2) is 140 Å². The van der Waals surface area contributed by atoms with Crippen LogP contribution in [0.5, 0.6) is 23.0 Å². The van der Waals surface area contributed by atoms with Gasteiger partial charge in [-0.1, -0.05) is 24.3 Å². The molecule has 0 spiro atoms. The fraction of sp³-hybridized carbons (Fsp3) is 0.424. The van der Waals surface area contributed by atoms with E-state index in [0.717, 1.165) is 132 Å². The Bertz CT molecular complexity index is 3550. The first-order valence-corrected chi connectivity index (χ1v) is 31.0. The van der Waals surface area contributed by atoms with Gasteiger partial charge in [-0.25, -0.2) is 0 Å². The molecule has 1 amide bonds. The van der Waals surface area contributed by atoms with Crippen molar-refractivity contribution < 1.29 is 133 Å². The van der Waals surface area contributed by atoms with Crippen molar-refractivity contribution >= 4 is 34.6 Å². The van der Waals surface area contributed by atoms with Crippen LogP contribution in [0.15, 0.2) is 133 Å². The predicted molar refractivity (Wildman–Crippen MR) is 328 cm³/mol. The molecular formula is C66H70ClF12LiN8O11. The van der Waals surface area contributed by atoms with Gasteiger partial charge in [0.1, 0.15) is 59.5 Å². The Morgan fingerprint density at radius 1 is 0.465 bits per heavy atom. The summed E-state index contributed by atoms with van der Waals surface area (Å²) < 4.78 is 177. The minimum atomic E-state index is -4.89. The van der Waals surface area contributed by atoms with Gasteiger partial charge < -0.3 is 61.3 Å². The van der Waals surface area contributed by atoms with E-state index in [1.807, 2.05) is 48.5 Å². The van der Waals surface area contributed by atoms with Crippen LogP contribution in [0.4, 0.5) is 75.4 Å². The summed E-state index contributed by atoms with van der Waals surface area (Å²) in [5.74, 6) is 0.138. The second-order valence-corrected chi connectivity index (χ2v) is 23.2. The van der Waals surface area contributed by atoms with E-state index in [9.17, 15) is 87.6 Å². The zero-order valence-corrected chi connectivity index (χ0v) is 54.3. The maximum atomic E-state index is 13.3. The minimum absolute atomic E-state index is 0. The number of nitrogens with zero attached hydrogens (tertiary/aromatic N) is 7. The molecule has 2 N–H and O–H groups in total. The number of halogens is 13. The van der Waals surface area contributed by atoms with Crippen molar-refractivity contribution in [3.8, 4) is 23.0 Å². The van der Waals surface area contributed by atoms with Gasteiger partial charge in [-0.15, -0.1) is 0 Å². The van der Waals surface area contributed by atoms with Gasteiger partial charge in [-0.2, -0.15) is 52.7 Å². The Balaban J connectivity index is 0.000000257. The summed E-state index contributed by atoms with van der Waals surface area (Å²) in [4.78, 5) is 53.4. The van der Waals surface area contributed by atoms with Crippen LogP contribution in [0, 0.1) is 20.2 Å². The number of carboxylic acids is 1. The molecular weight excluding hydrogens is 1350 g/mol. The fourth-order valence-electron chi connectivity index (χ4n) is 11.1. The topological polar surface area (TPSA) is 213 Å². The summed E-state index contributed by atoms with van der Waals surface area (Å²) in [6.07, 6.45) is -16.2. The molecule has 6 aromatic carbocycles. The number of ether oxygens (including phenoxy) is 4. The number of anilines is 2. The maximum Gasteiger partial charge on any atom is 1.00 e. The molecule has 33 heteroatoms. The first kappa shape index (κ1) is 79.8. The standard InChI is InChI=1S/C33H34F6N4O5.C21H23F3N2O3.C12H13F3N2O3.ClH.Li/c34-32(35,36)24-3-1-23(2-4-24)22-47-26-7-5-25(6-8-26)41-19-17-40(18-20-41)14-13-31(44)42-15-11-27(12-16-42)48-28-9-10-30(43(45)46)29(21-28)33(37,38)39;22-21(23,24)17-3-1-16(2-4-17)15-29-19-7-5-18(6-8-19)26-13-11-25(12-14-26)10-9-20(27)28;13-12(14,15)10-7-9(1-2-11(10)17(18)19)20-8-3-5-16-6-4-8;;/h1-10,21,27H,11-20,22H2;1-8H,9-15H2,(H,27,28);1-2,7-8,16H,3-6H2;1H;/q;;;;+1/p-1. The van der Waals surface area contributed by atoms with Crippen molar-refractivity contribution in [2.24, 2.45) is 0 Å².